The molecule has 0 saturated heterocycles. The molecule has 2 aromatic heterocycles. The van der Waals surface area contributed by atoms with Crippen LogP contribution in [-0.4, -0.2) is 20.1 Å². The fourth-order valence-electron chi connectivity index (χ4n) is 1.41. The van der Waals surface area contributed by atoms with Crippen molar-refractivity contribution in [1.82, 2.24) is 15.0 Å². The quantitative estimate of drug-likeness (QED) is 0.708. The first-order valence-corrected chi connectivity index (χ1v) is 6.04. The van der Waals surface area contributed by atoms with Crippen LogP contribution in [0.15, 0.2) is 28.5 Å². The highest BCUT2D eigenvalue weighted by Crippen LogP contribution is 2.27. The van der Waals surface area contributed by atoms with Crippen molar-refractivity contribution in [3.05, 3.63) is 29.5 Å². The Bertz CT molecular complexity index is 555. The predicted octanol–water partition coefficient (Wildman–Crippen LogP) is 0.988. The van der Waals surface area contributed by atoms with Crippen LogP contribution in [0.3, 0.4) is 0 Å². The Hall–Kier alpha value is -1.86. The first-order chi connectivity index (χ1) is 8.58. The topological polar surface area (TPSA) is 111 Å². The van der Waals surface area contributed by atoms with Gasteiger partial charge in [-0.1, -0.05) is 0 Å². The zero-order valence-electron chi connectivity index (χ0n) is 9.79. The average molecular weight is 263 g/mol. The average Bonchev–Trinajstić information content (AvgIpc) is 2.30. The molecule has 0 amide bonds. The smallest absolute Gasteiger partial charge is 0.197 e. The van der Waals surface area contributed by atoms with Crippen LogP contribution in [0.2, 0.25) is 0 Å². The van der Waals surface area contributed by atoms with Crippen molar-refractivity contribution in [2.45, 2.75) is 23.7 Å². The van der Waals surface area contributed by atoms with Gasteiger partial charge in [-0.3, -0.25) is 0 Å². The lowest BCUT2D eigenvalue weighted by Crippen LogP contribution is -2.00. The Labute approximate surface area is 108 Å². The van der Waals surface area contributed by atoms with Gasteiger partial charge in [-0.05, 0) is 35.9 Å². The number of hydrogen-bond donors (Lipinski definition) is 3. The highest BCUT2D eigenvalue weighted by Gasteiger charge is 2.07. The number of rotatable bonds is 3. The van der Waals surface area contributed by atoms with E-state index in [-0.39, 0.29) is 6.61 Å². The largest absolute Gasteiger partial charge is 0.392 e. The number of pyridine rings is 1. The van der Waals surface area contributed by atoms with Crippen LogP contribution in [-0.2, 0) is 6.61 Å². The van der Waals surface area contributed by atoms with E-state index in [1.807, 2.05) is 13.0 Å². The fourth-order valence-corrected chi connectivity index (χ4v) is 2.21. The number of anilines is 2. The van der Waals surface area contributed by atoms with Crippen LogP contribution in [0.1, 0.15) is 11.1 Å². The molecule has 0 fully saturated rings. The van der Waals surface area contributed by atoms with Crippen LogP contribution in [0.25, 0.3) is 0 Å². The summed E-state index contributed by atoms with van der Waals surface area (Å²) in [4.78, 5) is 12.4. The minimum atomic E-state index is -0.0273. The standard InChI is InChI=1S/C11H13N5OS/c1-6-2-7(5-17)4-14-10(6)18-11-15-8(12)3-9(13)16-11/h2-4,17H,5H2,1H3,(H4,12,13,15,16). The molecule has 0 atom stereocenters. The number of hydrogen-bond acceptors (Lipinski definition) is 7. The molecule has 0 bridgehead atoms. The van der Waals surface area contributed by atoms with E-state index in [4.69, 9.17) is 16.6 Å². The Morgan fingerprint density at radius 3 is 2.44 bits per heavy atom. The third-order valence-electron chi connectivity index (χ3n) is 2.20. The minimum Gasteiger partial charge on any atom is -0.392 e. The second-order valence-corrected chi connectivity index (χ2v) is 4.68. The van der Waals surface area contributed by atoms with Crippen molar-refractivity contribution in [2.24, 2.45) is 0 Å². The van der Waals surface area contributed by atoms with Gasteiger partial charge in [0.25, 0.3) is 0 Å². The monoisotopic (exact) mass is 263 g/mol. The van der Waals surface area contributed by atoms with Gasteiger partial charge >= 0.3 is 0 Å². The molecule has 2 aromatic rings. The Kier molecular flexibility index (Phi) is 3.63. The van der Waals surface area contributed by atoms with Crippen molar-refractivity contribution < 1.29 is 5.11 Å². The molecule has 7 heteroatoms. The lowest BCUT2D eigenvalue weighted by Gasteiger charge is -2.06. The first kappa shape index (κ1) is 12.6. The maximum Gasteiger partial charge on any atom is 0.197 e. The van der Waals surface area contributed by atoms with E-state index in [2.05, 4.69) is 15.0 Å². The molecule has 0 saturated carbocycles. The molecule has 18 heavy (non-hydrogen) atoms. The van der Waals surface area contributed by atoms with E-state index in [0.29, 0.717) is 16.8 Å². The normalized spacial score (nSPS) is 10.6. The van der Waals surface area contributed by atoms with E-state index in [1.54, 1.807) is 6.20 Å². The van der Waals surface area contributed by atoms with Gasteiger partial charge in [0.05, 0.1) is 6.61 Å². The van der Waals surface area contributed by atoms with Crippen molar-refractivity contribution >= 4 is 23.4 Å². The van der Waals surface area contributed by atoms with E-state index in [1.165, 1.54) is 17.8 Å². The number of aliphatic hydroxyl groups is 1. The number of aryl methyl sites for hydroxylation is 1. The van der Waals surface area contributed by atoms with Gasteiger partial charge in [0.15, 0.2) is 5.16 Å². The summed E-state index contributed by atoms with van der Waals surface area (Å²) >= 11 is 1.29. The van der Waals surface area contributed by atoms with Gasteiger partial charge in [0.2, 0.25) is 0 Å². The van der Waals surface area contributed by atoms with Gasteiger partial charge in [-0.15, -0.1) is 0 Å². The second kappa shape index (κ2) is 5.19. The number of nitrogen functional groups attached to an aromatic ring is 2. The molecule has 5 N–H and O–H groups in total. The third kappa shape index (κ3) is 2.88. The van der Waals surface area contributed by atoms with E-state index < -0.39 is 0 Å². The SMILES string of the molecule is Cc1cc(CO)cnc1Sc1nc(N)cc(N)n1. The fraction of sp³-hybridized carbons (Fsp3) is 0.182. The molecular weight excluding hydrogens is 250 g/mol. The van der Waals surface area contributed by atoms with Crippen LogP contribution in [0.5, 0.6) is 0 Å². The molecule has 0 aliphatic heterocycles. The van der Waals surface area contributed by atoms with Gasteiger partial charge in [0.1, 0.15) is 16.7 Å². The van der Waals surface area contributed by atoms with Crippen LogP contribution >= 0.6 is 11.8 Å². The van der Waals surface area contributed by atoms with Gasteiger partial charge in [-0.2, -0.15) is 0 Å². The lowest BCUT2D eigenvalue weighted by atomic mass is 10.2. The molecule has 0 aliphatic carbocycles. The summed E-state index contributed by atoms with van der Waals surface area (Å²) in [5.41, 5.74) is 12.9. The van der Waals surface area contributed by atoms with E-state index >= 15 is 0 Å². The van der Waals surface area contributed by atoms with Gasteiger partial charge in [-0.25, -0.2) is 15.0 Å². The molecule has 2 heterocycles. The lowest BCUT2D eigenvalue weighted by molar-refractivity contribution is 0.281. The number of nitrogens with zero attached hydrogens (tertiary/aromatic N) is 3. The number of aromatic nitrogens is 3. The second-order valence-electron chi connectivity index (χ2n) is 3.73. The van der Waals surface area contributed by atoms with Crippen LogP contribution in [0.4, 0.5) is 11.6 Å². The predicted molar refractivity (Wildman–Crippen MR) is 69.9 cm³/mol. The summed E-state index contributed by atoms with van der Waals surface area (Å²) in [5, 5.41) is 10.2. The van der Waals surface area contributed by atoms with Crippen LogP contribution in [0, 0.1) is 6.92 Å². The van der Waals surface area contributed by atoms with Gasteiger partial charge < -0.3 is 16.6 Å². The summed E-state index contributed by atoms with van der Waals surface area (Å²) in [7, 11) is 0. The van der Waals surface area contributed by atoms with E-state index in [0.717, 1.165) is 16.2 Å². The van der Waals surface area contributed by atoms with Crippen molar-refractivity contribution in [1.29, 1.82) is 0 Å². The third-order valence-corrected chi connectivity index (χ3v) is 3.19. The zero-order chi connectivity index (χ0) is 13.1. The van der Waals surface area contributed by atoms with Gasteiger partial charge in [0, 0.05) is 12.3 Å². The Balaban J connectivity index is 2.28. The molecule has 0 radical (unpaired) electrons. The number of nitrogens with two attached hydrogens (primary N) is 2. The van der Waals surface area contributed by atoms with Crippen molar-refractivity contribution in [2.75, 3.05) is 11.5 Å². The molecular formula is C11H13N5OS. The summed E-state index contributed by atoms with van der Waals surface area (Å²) in [6, 6.07) is 3.37. The highest BCUT2D eigenvalue weighted by molar-refractivity contribution is 7.99. The Morgan fingerprint density at radius 2 is 1.89 bits per heavy atom. The zero-order valence-corrected chi connectivity index (χ0v) is 10.6. The van der Waals surface area contributed by atoms with E-state index in [9.17, 15) is 0 Å². The summed E-state index contributed by atoms with van der Waals surface area (Å²) in [6.07, 6.45) is 1.62. The maximum atomic E-state index is 9.01. The molecule has 0 aliphatic rings. The molecule has 6 nitrogen and oxygen atoms in total. The molecule has 0 spiro atoms. The van der Waals surface area contributed by atoms with Crippen molar-refractivity contribution in [3.63, 3.8) is 0 Å². The molecule has 2 rings (SSSR count). The Morgan fingerprint density at radius 1 is 1.22 bits per heavy atom. The highest BCUT2D eigenvalue weighted by atomic mass is 32.2. The maximum absolute atomic E-state index is 9.01. The number of aliphatic hydroxyl groups excluding tert-OH is 1. The molecule has 94 valence electrons. The first-order valence-electron chi connectivity index (χ1n) is 5.22. The minimum absolute atomic E-state index is 0.0273. The summed E-state index contributed by atoms with van der Waals surface area (Å²) in [6.45, 7) is 1.88. The van der Waals surface area contributed by atoms with Crippen molar-refractivity contribution in [3.8, 4) is 0 Å². The summed E-state index contributed by atoms with van der Waals surface area (Å²) in [5.74, 6) is 0.657. The molecule has 0 unspecified atom stereocenters. The van der Waals surface area contributed by atoms with Crippen LogP contribution < -0.4 is 11.5 Å². The molecule has 0 aromatic carbocycles. The summed E-state index contributed by atoms with van der Waals surface area (Å²) < 4.78 is 0.